The minimum absolute atomic E-state index is 0. The van der Waals surface area contributed by atoms with Crippen molar-refractivity contribution in [3.05, 3.63) is 41.9 Å². The van der Waals surface area contributed by atoms with Crippen LogP contribution in [0.3, 0.4) is 0 Å². The third-order valence-electron chi connectivity index (χ3n) is 4.98. The highest BCUT2D eigenvalue weighted by molar-refractivity contribution is 5.95. The molecule has 3 aromatic rings. The Hall–Kier alpha value is -1.82. The number of hydrogen-bond donors (Lipinski definition) is 1. The first-order chi connectivity index (χ1) is 11.6. The van der Waals surface area contributed by atoms with Crippen molar-refractivity contribution < 1.29 is 0 Å². The van der Waals surface area contributed by atoms with Crippen molar-refractivity contribution in [2.45, 2.75) is 13.8 Å². The zero-order valence-corrected chi connectivity index (χ0v) is 17.0. The molecule has 0 unspecified atom stereocenters. The number of piperazine rings is 1. The van der Waals surface area contributed by atoms with Gasteiger partial charge in [-0.05, 0) is 44.7 Å². The summed E-state index contributed by atoms with van der Waals surface area (Å²) >= 11 is 0. The maximum atomic E-state index is 4.56. The predicted molar refractivity (Wildman–Crippen MR) is 113 cm³/mol. The van der Waals surface area contributed by atoms with Gasteiger partial charge in [0.1, 0.15) is 0 Å². The number of nitrogens with zero attached hydrogens (tertiary/aromatic N) is 4. The van der Waals surface area contributed by atoms with E-state index in [0.29, 0.717) is 0 Å². The highest BCUT2D eigenvalue weighted by Crippen LogP contribution is 2.32. The number of anilines is 1. The van der Waals surface area contributed by atoms with Gasteiger partial charge in [0, 0.05) is 54.7 Å². The summed E-state index contributed by atoms with van der Waals surface area (Å²) in [7, 11) is 2.19. The summed E-state index contributed by atoms with van der Waals surface area (Å²) in [4.78, 5) is 9.41. The largest absolute Gasteiger partial charge is 0.368 e. The van der Waals surface area contributed by atoms with Crippen molar-refractivity contribution in [2.75, 3.05) is 38.1 Å². The van der Waals surface area contributed by atoms with E-state index >= 15 is 0 Å². The second-order valence-electron chi connectivity index (χ2n) is 6.66. The van der Waals surface area contributed by atoms with E-state index < -0.39 is 0 Å². The fourth-order valence-corrected chi connectivity index (χ4v) is 3.59. The molecule has 0 spiro atoms. The van der Waals surface area contributed by atoms with Crippen molar-refractivity contribution in [2.24, 2.45) is 0 Å². The van der Waals surface area contributed by atoms with Crippen LogP contribution < -0.4 is 4.90 Å². The topological polar surface area (TPSA) is 48.1 Å². The highest BCUT2D eigenvalue weighted by atomic mass is 35.5. The summed E-state index contributed by atoms with van der Waals surface area (Å²) in [6.45, 7) is 8.44. The van der Waals surface area contributed by atoms with Crippen LogP contribution in [0.5, 0.6) is 0 Å². The smallest absolute Gasteiger partial charge is 0.0723 e. The first kappa shape index (κ1) is 20.5. The average Bonchev–Trinajstić information content (AvgIpc) is 2.93. The number of nitrogens with one attached hydrogen (secondary N) is 1. The minimum atomic E-state index is 0. The predicted octanol–water partition coefficient (Wildman–Crippen LogP) is 3.84. The molecule has 26 heavy (non-hydrogen) atoms. The molecule has 1 aliphatic heterocycles. The van der Waals surface area contributed by atoms with Gasteiger partial charge >= 0.3 is 0 Å². The molecule has 0 amide bonds. The van der Waals surface area contributed by atoms with Crippen LogP contribution in [0, 0.1) is 13.8 Å². The first-order valence-corrected chi connectivity index (χ1v) is 8.47. The number of pyridine rings is 1. The second kappa shape index (κ2) is 8.25. The Kier molecular flexibility index (Phi) is 6.50. The van der Waals surface area contributed by atoms with Gasteiger partial charge in [-0.3, -0.25) is 10.1 Å². The molecule has 5 nitrogen and oxygen atoms in total. The number of aryl methyl sites for hydroxylation is 2. The average molecular weight is 394 g/mol. The molecule has 0 saturated carbocycles. The lowest BCUT2D eigenvalue weighted by molar-refractivity contribution is 0.313. The van der Waals surface area contributed by atoms with E-state index in [1.807, 2.05) is 13.1 Å². The molecular formula is C19H25Cl2N5. The summed E-state index contributed by atoms with van der Waals surface area (Å²) in [5.41, 5.74) is 6.89. The van der Waals surface area contributed by atoms with E-state index in [0.717, 1.165) is 43.1 Å². The first-order valence-electron chi connectivity index (χ1n) is 8.47. The van der Waals surface area contributed by atoms with Gasteiger partial charge in [-0.25, -0.2) is 0 Å². The second-order valence-corrected chi connectivity index (χ2v) is 6.66. The molecule has 1 N–H and O–H groups in total. The Balaban J connectivity index is 0.00000121. The Morgan fingerprint density at radius 2 is 1.73 bits per heavy atom. The van der Waals surface area contributed by atoms with Crippen molar-refractivity contribution in [1.82, 2.24) is 20.1 Å². The molecule has 140 valence electrons. The lowest BCUT2D eigenvalue weighted by Gasteiger charge is -2.34. The van der Waals surface area contributed by atoms with Gasteiger partial charge < -0.3 is 9.80 Å². The van der Waals surface area contributed by atoms with Crippen LogP contribution in [0.15, 0.2) is 30.5 Å². The summed E-state index contributed by atoms with van der Waals surface area (Å²) in [6, 6.07) is 8.68. The molecule has 3 heterocycles. The maximum absolute atomic E-state index is 4.56. The van der Waals surface area contributed by atoms with E-state index in [9.17, 15) is 0 Å². The van der Waals surface area contributed by atoms with Gasteiger partial charge in [-0.15, -0.1) is 24.8 Å². The Labute approximate surface area is 166 Å². The van der Waals surface area contributed by atoms with Gasteiger partial charge in [0.05, 0.1) is 11.2 Å². The van der Waals surface area contributed by atoms with Gasteiger partial charge in [0.25, 0.3) is 0 Å². The molecule has 1 fully saturated rings. The van der Waals surface area contributed by atoms with Crippen molar-refractivity contribution in [1.29, 1.82) is 0 Å². The third-order valence-corrected chi connectivity index (χ3v) is 4.98. The molecule has 1 saturated heterocycles. The van der Waals surface area contributed by atoms with E-state index in [2.05, 4.69) is 63.2 Å². The van der Waals surface area contributed by atoms with Crippen LogP contribution in [0.4, 0.5) is 5.69 Å². The number of halogens is 2. The summed E-state index contributed by atoms with van der Waals surface area (Å²) < 4.78 is 0. The van der Waals surface area contributed by atoms with Crippen molar-refractivity contribution >= 4 is 41.4 Å². The molecule has 0 radical (unpaired) electrons. The van der Waals surface area contributed by atoms with Gasteiger partial charge in [0.2, 0.25) is 0 Å². The quantitative estimate of drug-likeness (QED) is 0.718. The van der Waals surface area contributed by atoms with Crippen LogP contribution in [0.25, 0.3) is 22.0 Å². The number of H-pyrrole nitrogens is 1. The zero-order chi connectivity index (χ0) is 16.7. The SMILES string of the molecule is Cc1n[nH]c(C)c1-c1ccc2nccc(N3CCN(C)CC3)c2c1.Cl.Cl. The lowest BCUT2D eigenvalue weighted by atomic mass is 10.0. The fourth-order valence-electron chi connectivity index (χ4n) is 3.59. The highest BCUT2D eigenvalue weighted by Gasteiger charge is 2.17. The van der Waals surface area contributed by atoms with Gasteiger partial charge in [-0.2, -0.15) is 5.10 Å². The Morgan fingerprint density at radius 1 is 1.00 bits per heavy atom. The number of fused-ring (bicyclic) bond motifs is 1. The number of aromatic nitrogens is 3. The third kappa shape index (κ3) is 3.65. The van der Waals surface area contributed by atoms with Crippen LogP contribution in [0.1, 0.15) is 11.4 Å². The molecule has 1 aliphatic rings. The summed E-state index contributed by atoms with van der Waals surface area (Å²) in [5.74, 6) is 0. The van der Waals surface area contributed by atoms with E-state index in [-0.39, 0.29) is 24.8 Å². The maximum Gasteiger partial charge on any atom is 0.0723 e. The molecule has 0 bridgehead atoms. The van der Waals surface area contributed by atoms with Crippen LogP contribution in [-0.2, 0) is 0 Å². The van der Waals surface area contributed by atoms with E-state index in [4.69, 9.17) is 0 Å². The number of likely N-dealkylation sites (N-methyl/N-ethyl adjacent to an activating group) is 1. The number of hydrogen-bond acceptors (Lipinski definition) is 4. The van der Waals surface area contributed by atoms with Crippen LogP contribution in [0.2, 0.25) is 0 Å². The van der Waals surface area contributed by atoms with Crippen LogP contribution >= 0.6 is 24.8 Å². The molecule has 0 aliphatic carbocycles. The summed E-state index contributed by atoms with van der Waals surface area (Å²) in [5, 5.41) is 8.64. The Bertz CT molecular complexity index is 865. The molecule has 1 aromatic carbocycles. The molecule has 2 aromatic heterocycles. The fraction of sp³-hybridized carbons (Fsp3) is 0.368. The lowest BCUT2D eigenvalue weighted by Crippen LogP contribution is -2.44. The normalized spacial score (nSPS) is 14.8. The standard InChI is InChI=1S/C19H23N5.2ClH/c1-13-19(14(2)22-21-13)15-4-5-17-16(12-15)18(6-7-20-17)24-10-8-23(3)9-11-24;;/h4-7,12H,8-11H2,1-3H3,(H,21,22);2*1H. The zero-order valence-electron chi connectivity index (χ0n) is 15.3. The minimum Gasteiger partial charge on any atom is -0.368 e. The van der Waals surface area contributed by atoms with Gasteiger partial charge in [0.15, 0.2) is 0 Å². The molecule has 7 heteroatoms. The van der Waals surface area contributed by atoms with Crippen molar-refractivity contribution in [3.63, 3.8) is 0 Å². The van der Waals surface area contributed by atoms with E-state index in [1.165, 1.54) is 22.2 Å². The number of benzene rings is 1. The van der Waals surface area contributed by atoms with Crippen molar-refractivity contribution in [3.8, 4) is 11.1 Å². The van der Waals surface area contributed by atoms with Gasteiger partial charge in [-0.1, -0.05) is 6.07 Å². The Morgan fingerprint density at radius 3 is 2.38 bits per heavy atom. The molecule has 4 rings (SSSR count). The number of rotatable bonds is 2. The molecular weight excluding hydrogens is 369 g/mol. The van der Waals surface area contributed by atoms with Crippen LogP contribution in [-0.4, -0.2) is 53.3 Å². The monoisotopic (exact) mass is 393 g/mol. The number of aromatic amines is 1. The summed E-state index contributed by atoms with van der Waals surface area (Å²) in [6.07, 6.45) is 1.92. The molecule has 0 atom stereocenters. The van der Waals surface area contributed by atoms with E-state index in [1.54, 1.807) is 0 Å².